The lowest BCUT2D eigenvalue weighted by Crippen LogP contribution is -2.55. The van der Waals surface area contributed by atoms with Crippen LogP contribution in [0.25, 0.3) is 10.8 Å². The molecule has 0 bridgehead atoms. The summed E-state index contributed by atoms with van der Waals surface area (Å²) in [4.78, 5) is 25.7. The summed E-state index contributed by atoms with van der Waals surface area (Å²) in [5.41, 5.74) is 0.275. The minimum atomic E-state index is -0.802. The molecule has 2 aliphatic carbocycles. The second-order valence-corrected chi connectivity index (χ2v) is 7.75. The summed E-state index contributed by atoms with van der Waals surface area (Å²) in [6.07, 6.45) is 3.87. The maximum Gasteiger partial charge on any atom is 0.317 e. The molecule has 6 nitrogen and oxygen atoms in total. The van der Waals surface area contributed by atoms with Gasteiger partial charge in [0, 0.05) is 24.0 Å². The quantitative estimate of drug-likeness (QED) is 0.699. The summed E-state index contributed by atoms with van der Waals surface area (Å²) in [6, 6.07) is 11.1. The Morgan fingerprint density at radius 1 is 1.11 bits per heavy atom. The second kappa shape index (κ2) is 7.19. The van der Waals surface area contributed by atoms with Crippen LogP contribution in [-0.2, 0) is 4.79 Å². The van der Waals surface area contributed by atoms with Crippen LogP contribution in [-0.4, -0.2) is 52.2 Å². The molecule has 0 unspecified atom stereocenters. The molecule has 0 saturated heterocycles. The minimum absolute atomic E-state index is 0.00251. The molecule has 6 heteroatoms. The number of phenolic OH excluding ortho intramolecular Hbond substituents is 1. The van der Waals surface area contributed by atoms with Crippen molar-refractivity contribution in [3.8, 4) is 5.75 Å². The van der Waals surface area contributed by atoms with Gasteiger partial charge in [-0.25, -0.2) is 0 Å². The Morgan fingerprint density at radius 2 is 1.85 bits per heavy atom. The van der Waals surface area contributed by atoms with Gasteiger partial charge in [0.1, 0.15) is 5.75 Å². The van der Waals surface area contributed by atoms with Gasteiger partial charge in [-0.05, 0) is 43.1 Å². The number of amides is 1. The minimum Gasteiger partial charge on any atom is -0.506 e. The third-order valence-corrected chi connectivity index (χ3v) is 5.64. The molecular formula is C21H24N2O4. The van der Waals surface area contributed by atoms with Gasteiger partial charge in [-0.2, -0.15) is 0 Å². The Kier molecular flexibility index (Phi) is 4.74. The van der Waals surface area contributed by atoms with E-state index in [2.05, 4.69) is 5.32 Å². The molecule has 0 radical (unpaired) electrons. The molecule has 0 spiro atoms. The lowest BCUT2D eigenvalue weighted by molar-refractivity contribution is -0.139. The second-order valence-electron chi connectivity index (χ2n) is 7.75. The van der Waals surface area contributed by atoms with E-state index in [4.69, 9.17) is 5.11 Å². The average Bonchev–Trinajstić information content (AvgIpc) is 3.41. The van der Waals surface area contributed by atoms with Crippen molar-refractivity contribution in [3.05, 3.63) is 42.0 Å². The van der Waals surface area contributed by atoms with Gasteiger partial charge in [0.2, 0.25) is 0 Å². The number of nitrogens with zero attached hydrogens (tertiary/aromatic N) is 1. The van der Waals surface area contributed by atoms with E-state index in [0.717, 1.165) is 24.8 Å². The third-order valence-electron chi connectivity index (χ3n) is 5.64. The largest absolute Gasteiger partial charge is 0.506 e. The summed E-state index contributed by atoms with van der Waals surface area (Å²) in [5, 5.41) is 24.1. The zero-order chi connectivity index (χ0) is 19.0. The Hall–Kier alpha value is -2.60. The van der Waals surface area contributed by atoms with E-state index in [-0.39, 0.29) is 35.8 Å². The molecule has 4 rings (SSSR count). The molecule has 0 aromatic heterocycles. The van der Waals surface area contributed by atoms with Gasteiger partial charge >= 0.3 is 5.97 Å². The summed E-state index contributed by atoms with van der Waals surface area (Å²) >= 11 is 0. The monoisotopic (exact) mass is 368 g/mol. The van der Waals surface area contributed by atoms with E-state index in [1.807, 2.05) is 29.2 Å². The molecular weight excluding hydrogens is 344 g/mol. The number of carbonyl (C=O) groups excluding carboxylic acids is 1. The molecule has 3 N–H and O–H groups in total. The zero-order valence-corrected chi connectivity index (χ0v) is 15.1. The highest BCUT2D eigenvalue weighted by atomic mass is 16.4. The van der Waals surface area contributed by atoms with Crippen molar-refractivity contribution in [2.75, 3.05) is 13.1 Å². The van der Waals surface area contributed by atoms with E-state index >= 15 is 0 Å². The standard InChI is InChI=1S/C21H24N2O4/c24-19(25)12-23(11-13-5-6-13)16-9-15(10-16)22-21(27)18-8-7-14-3-1-2-4-17(14)20(18)26/h1-4,7-8,13,15-16,26H,5-6,9-12H2,(H,22,27)(H,24,25). The van der Waals surface area contributed by atoms with Crippen LogP contribution in [0.15, 0.2) is 36.4 Å². The average molecular weight is 368 g/mol. The van der Waals surface area contributed by atoms with Crippen LogP contribution in [0.4, 0.5) is 0 Å². The van der Waals surface area contributed by atoms with Crippen molar-refractivity contribution >= 4 is 22.6 Å². The lowest BCUT2D eigenvalue weighted by atomic mass is 9.85. The van der Waals surface area contributed by atoms with Crippen LogP contribution in [0.5, 0.6) is 5.75 Å². The fourth-order valence-electron chi connectivity index (χ4n) is 3.85. The van der Waals surface area contributed by atoms with Crippen molar-refractivity contribution < 1.29 is 19.8 Å². The molecule has 0 heterocycles. The Morgan fingerprint density at radius 3 is 2.56 bits per heavy atom. The van der Waals surface area contributed by atoms with E-state index in [1.54, 1.807) is 12.1 Å². The molecule has 27 heavy (non-hydrogen) atoms. The van der Waals surface area contributed by atoms with Crippen molar-refractivity contribution in [1.82, 2.24) is 10.2 Å². The Balaban J connectivity index is 1.37. The maximum atomic E-state index is 12.6. The molecule has 2 aromatic carbocycles. The van der Waals surface area contributed by atoms with Crippen molar-refractivity contribution in [3.63, 3.8) is 0 Å². The summed E-state index contributed by atoms with van der Waals surface area (Å²) in [5.74, 6) is -0.451. The van der Waals surface area contributed by atoms with Crippen LogP contribution < -0.4 is 5.32 Å². The summed E-state index contributed by atoms with van der Waals surface area (Å²) < 4.78 is 0. The molecule has 0 aliphatic heterocycles. The first-order chi connectivity index (χ1) is 13.0. The number of fused-ring (bicyclic) bond motifs is 1. The van der Waals surface area contributed by atoms with Gasteiger partial charge in [-0.1, -0.05) is 30.3 Å². The first kappa shape index (κ1) is 17.8. The van der Waals surface area contributed by atoms with E-state index in [1.165, 1.54) is 12.8 Å². The molecule has 2 aliphatic rings. The first-order valence-corrected chi connectivity index (χ1v) is 9.48. The van der Waals surface area contributed by atoms with E-state index < -0.39 is 5.97 Å². The predicted octanol–water partition coefficient (Wildman–Crippen LogP) is 2.60. The number of carboxylic acid groups (broad SMARTS) is 1. The van der Waals surface area contributed by atoms with Gasteiger partial charge in [-0.3, -0.25) is 14.5 Å². The zero-order valence-electron chi connectivity index (χ0n) is 15.1. The number of hydrogen-bond donors (Lipinski definition) is 3. The van der Waals surface area contributed by atoms with Crippen molar-refractivity contribution in [1.29, 1.82) is 0 Å². The number of benzene rings is 2. The number of nitrogens with one attached hydrogen (secondary N) is 1. The van der Waals surface area contributed by atoms with E-state index in [9.17, 15) is 14.7 Å². The van der Waals surface area contributed by atoms with Gasteiger partial charge in [0.15, 0.2) is 0 Å². The highest BCUT2D eigenvalue weighted by Crippen LogP contribution is 2.34. The molecule has 2 saturated carbocycles. The van der Waals surface area contributed by atoms with Crippen molar-refractivity contribution in [2.45, 2.75) is 37.8 Å². The highest BCUT2D eigenvalue weighted by molar-refractivity contribution is 6.03. The summed E-state index contributed by atoms with van der Waals surface area (Å²) in [6.45, 7) is 0.899. The van der Waals surface area contributed by atoms with Crippen LogP contribution in [0.3, 0.4) is 0 Å². The fourth-order valence-corrected chi connectivity index (χ4v) is 3.85. The number of carbonyl (C=O) groups is 2. The number of aliphatic carboxylic acids is 1. The lowest BCUT2D eigenvalue weighted by Gasteiger charge is -2.42. The number of hydrogen-bond acceptors (Lipinski definition) is 4. The molecule has 0 atom stereocenters. The number of rotatable bonds is 7. The number of phenols is 1. The third kappa shape index (κ3) is 3.90. The fraction of sp³-hybridized carbons (Fsp3) is 0.429. The Labute approximate surface area is 157 Å². The van der Waals surface area contributed by atoms with E-state index in [0.29, 0.717) is 11.3 Å². The van der Waals surface area contributed by atoms with Gasteiger partial charge < -0.3 is 15.5 Å². The van der Waals surface area contributed by atoms with Crippen LogP contribution in [0.1, 0.15) is 36.0 Å². The maximum absolute atomic E-state index is 12.6. The molecule has 2 aromatic rings. The summed E-state index contributed by atoms with van der Waals surface area (Å²) in [7, 11) is 0. The van der Waals surface area contributed by atoms with Crippen LogP contribution in [0, 0.1) is 5.92 Å². The van der Waals surface area contributed by atoms with Crippen LogP contribution >= 0.6 is 0 Å². The van der Waals surface area contributed by atoms with Gasteiger partial charge in [0.05, 0.1) is 12.1 Å². The highest BCUT2D eigenvalue weighted by Gasteiger charge is 2.38. The molecule has 1 amide bonds. The van der Waals surface area contributed by atoms with Gasteiger partial charge in [-0.15, -0.1) is 0 Å². The topological polar surface area (TPSA) is 89.9 Å². The van der Waals surface area contributed by atoms with Crippen LogP contribution in [0.2, 0.25) is 0 Å². The molecule has 142 valence electrons. The molecule has 2 fully saturated rings. The number of carboxylic acids is 1. The number of aromatic hydroxyl groups is 1. The normalized spacial score (nSPS) is 21.8. The smallest absolute Gasteiger partial charge is 0.317 e. The SMILES string of the molecule is O=C(O)CN(CC1CC1)C1CC(NC(=O)c2ccc3ccccc3c2O)C1. The van der Waals surface area contributed by atoms with Gasteiger partial charge in [0.25, 0.3) is 5.91 Å². The van der Waals surface area contributed by atoms with Crippen molar-refractivity contribution in [2.24, 2.45) is 5.92 Å². The Bertz CT molecular complexity index is 872. The first-order valence-electron chi connectivity index (χ1n) is 9.48. The predicted molar refractivity (Wildman–Crippen MR) is 102 cm³/mol.